The second kappa shape index (κ2) is 7.38. The maximum atomic E-state index is 6.23. The number of ether oxygens (including phenoxy) is 1. The van der Waals surface area contributed by atoms with E-state index in [4.69, 9.17) is 14.9 Å². The van der Waals surface area contributed by atoms with E-state index >= 15 is 0 Å². The number of nitrogens with zero attached hydrogens (tertiary/aromatic N) is 1. The molecule has 1 heterocycles. The normalized spacial score (nSPS) is 21.3. The molecule has 130 valence electrons. The first-order valence-electron chi connectivity index (χ1n) is 9.12. The van der Waals surface area contributed by atoms with Gasteiger partial charge in [-0.15, -0.1) is 0 Å². The number of hydrogen-bond acceptors (Lipinski definition) is 4. The van der Waals surface area contributed by atoms with Crippen LogP contribution in [0.1, 0.15) is 37.7 Å². The number of fused-ring (bicyclic) bond motifs is 1. The summed E-state index contributed by atoms with van der Waals surface area (Å²) in [5.41, 5.74) is 10.1. The number of para-hydroxylation sites is 2. The standard InChI is InChI=1S/C21H24N2O2/c22-17-6-2-1-3-8-19(17)24-14-15-10-12-16(13-11-15)21-23-18-7-4-5-9-20(18)25-21/h4-5,7,9-13,17,19H,1-3,6,8,14,22H2/t17-,19-/m1/s1. The van der Waals surface area contributed by atoms with Crippen molar-refractivity contribution in [3.05, 3.63) is 54.1 Å². The van der Waals surface area contributed by atoms with Crippen LogP contribution in [0.4, 0.5) is 0 Å². The van der Waals surface area contributed by atoms with E-state index in [0.29, 0.717) is 12.5 Å². The van der Waals surface area contributed by atoms with E-state index in [1.807, 2.05) is 36.4 Å². The molecule has 1 saturated carbocycles. The molecule has 25 heavy (non-hydrogen) atoms. The number of aromatic nitrogens is 1. The Labute approximate surface area is 148 Å². The Hall–Kier alpha value is -2.17. The van der Waals surface area contributed by atoms with Crippen LogP contribution in [0.3, 0.4) is 0 Å². The van der Waals surface area contributed by atoms with Gasteiger partial charge in [0.1, 0.15) is 5.52 Å². The summed E-state index contributed by atoms with van der Waals surface area (Å²) >= 11 is 0. The zero-order valence-electron chi connectivity index (χ0n) is 14.4. The molecule has 4 rings (SSSR count). The number of nitrogens with two attached hydrogens (primary N) is 1. The number of rotatable bonds is 4. The largest absolute Gasteiger partial charge is 0.436 e. The van der Waals surface area contributed by atoms with E-state index in [1.165, 1.54) is 19.3 Å². The summed E-state index contributed by atoms with van der Waals surface area (Å²) in [4.78, 5) is 4.54. The van der Waals surface area contributed by atoms with E-state index in [1.54, 1.807) is 0 Å². The molecule has 0 unspecified atom stereocenters. The van der Waals surface area contributed by atoms with Crippen molar-refractivity contribution in [3.63, 3.8) is 0 Å². The van der Waals surface area contributed by atoms with Crippen molar-refractivity contribution in [2.45, 2.75) is 50.9 Å². The smallest absolute Gasteiger partial charge is 0.227 e. The SMILES string of the molecule is N[C@@H]1CCCCC[C@H]1OCc1ccc(-c2nc3ccccc3o2)cc1. The second-order valence-corrected chi connectivity index (χ2v) is 6.83. The summed E-state index contributed by atoms with van der Waals surface area (Å²) in [7, 11) is 0. The minimum atomic E-state index is 0.168. The molecular formula is C21H24N2O2. The topological polar surface area (TPSA) is 61.3 Å². The van der Waals surface area contributed by atoms with Crippen molar-refractivity contribution in [2.24, 2.45) is 5.73 Å². The molecule has 2 aromatic carbocycles. The summed E-state index contributed by atoms with van der Waals surface area (Å²) in [6, 6.07) is 16.2. The van der Waals surface area contributed by atoms with Crippen molar-refractivity contribution >= 4 is 11.1 Å². The van der Waals surface area contributed by atoms with Crippen LogP contribution >= 0.6 is 0 Å². The highest BCUT2D eigenvalue weighted by atomic mass is 16.5. The molecule has 3 aromatic rings. The number of benzene rings is 2. The van der Waals surface area contributed by atoms with Crippen LogP contribution in [-0.2, 0) is 11.3 Å². The molecule has 2 N–H and O–H groups in total. The Bertz CT molecular complexity index is 792. The molecule has 1 aromatic heterocycles. The molecule has 0 radical (unpaired) electrons. The van der Waals surface area contributed by atoms with Gasteiger partial charge in [-0.25, -0.2) is 4.98 Å². The highest BCUT2D eigenvalue weighted by Gasteiger charge is 2.20. The Morgan fingerprint density at radius 1 is 1.00 bits per heavy atom. The quantitative estimate of drug-likeness (QED) is 0.703. The van der Waals surface area contributed by atoms with Gasteiger partial charge in [-0.05, 0) is 42.7 Å². The summed E-state index contributed by atoms with van der Waals surface area (Å²) < 4.78 is 11.9. The van der Waals surface area contributed by atoms with Gasteiger partial charge in [0.05, 0.1) is 12.7 Å². The monoisotopic (exact) mass is 336 g/mol. The summed E-state index contributed by atoms with van der Waals surface area (Å²) in [5.74, 6) is 0.652. The van der Waals surface area contributed by atoms with Gasteiger partial charge in [0.2, 0.25) is 5.89 Å². The van der Waals surface area contributed by atoms with Crippen LogP contribution in [-0.4, -0.2) is 17.1 Å². The number of oxazole rings is 1. The molecular weight excluding hydrogens is 312 g/mol. The molecule has 1 aliphatic rings. The molecule has 0 saturated heterocycles. The average molecular weight is 336 g/mol. The van der Waals surface area contributed by atoms with Crippen molar-refractivity contribution in [2.75, 3.05) is 0 Å². The highest BCUT2D eigenvalue weighted by molar-refractivity contribution is 5.75. The fourth-order valence-corrected chi connectivity index (χ4v) is 3.45. The van der Waals surface area contributed by atoms with Gasteiger partial charge < -0.3 is 14.9 Å². The second-order valence-electron chi connectivity index (χ2n) is 6.83. The lowest BCUT2D eigenvalue weighted by Crippen LogP contribution is -2.35. The Morgan fingerprint density at radius 3 is 2.64 bits per heavy atom. The molecule has 1 fully saturated rings. The first kappa shape index (κ1) is 16.3. The van der Waals surface area contributed by atoms with Gasteiger partial charge in [0.25, 0.3) is 0 Å². The van der Waals surface area contributed by atoms with Crippen LogP contribution in [0.15, 0.2) is 52.9 Å². The molecule has 0 aliphatic heterocycles. The van der Waals surface area contributed by atoms with Crippen molar-refractivity contribution < 1.29 is 9.15 Å². The lowest BCUT2D eigenvalue weighted by atomic mass is 10.1. The Kier molecular flexibility index (Phi) is 4.81. The van der Waals surface area contributed by atoms with Crippen LogP contribution in [0, 0.1) is 0 Å². The zero-order chi connectivity index (χ0) is 17.1. The number of hydrogen-bond donors (Lipinski definition) is 1. The maximum absolute atomic E-state index is 6.23. The van der Waals surface area contributed by atoms with Crippen LogP contribution in [0.5, 0.6) is 0 Å². The van der Waals surface area contributed by atoms with Crippen molar-refractivity contribution in [1.82, 2.24) is 4.98 Å². The highest BCUT2D eigenvalue weighted by Crippen LogP contribution is 2.25. The first-order valence-corrected chi connectivity index (χ1v) is 9.12. The van der Waals surface area contributed by atoms with Gasteiger partial charge in [-0.1, -0.05) is 43.5 Å². The van der Waals surface area contributed by atoms with Crippen LogP contribution in [0.2, 0.25) is 0 Å². The van der Waals surface area contributed by atoms with Gasteiger partial charge in [-0.3, -0.25) is 0 Å². The van der Waals surface area contributed by atoms with E-state index in [2.05, 4.69) is 17.1 Å². The average Bonchev–Trinajstić information content (AvgIpc) is 2.97. The summed E-state index contributed by atoms with van der Waals surface area (Å²) in [6.07, 6.45) is 6.03. The van der Waals surface area contributed by atoms with Gasteiger partial charge in [0, 0.05) is 11.6 Å². The molecule has 1 aliphatic carbocycles. The lowest BCUT2D eigenvalue weighted by Gasteiger charge is -2.21. The van der Waals surface area contributed by atoms with E-state index in [0.717, 1.165) is 35.1 Å². The molecule has 4 nitrogen and oxygen atoms in total. The minimum absolute atomic E-state index is 0.168. The Morgan fingerprint density at radius 2 is 1.80 bits per heavy atom. The third kappa shape index (κ3) is 3.75. The Balaban J connectivity index is 1.43. The van der Waals surface area contributed by atoms with Crippen LogP contribution in [0.25, 0.3) is 22.6 Å². The first-order chi connectivity index (χ1) is 12.3. The predicted molar refractivity (Wildman–Crippen MR) is 99.1 cm³/mol. The third-order valence-electron chi connectivity index (χ3n) is 4.96. The summed E-state index contributed by atoms with van der Waals surface area (Å²) in [5, 5.41) is 0. The van der Waals surface area contributed by atoms with E-state index in [-0.39, 0.29) is 12.1 Å². The molecule has 0 bridgehead atoms. The lowest BCUT2D eigenvalue weighted by molar-refractivity contribution is 0.0194. The van der Waals surface area contributed by atoms with Gasteiger partial charge >= 0.3 is 0 Å². The fourth-order valence-electron chi connectivity index (χ4n) is 3.45. The van der Waals surface area contributed by atoms with Gasteiger partial charge in [-0.2, -0.15) is 0 Å². The fraction of sp³-hybridized carbons (Fsp3) is 0.381. The zero-order valence-corrected chi connectivity index (χ0v) is 14.4. The predicted octanol–water partition coefficient (Wildman–Crippen LogP) is 4.67. The molecule has 4 heteroatoms. The third-order valence-corrected chi connectivity index (χ3v) is 4.96. The molecule has 2 atom stereocenters. The van der Waals surface area contributed by atoms with Crippen molar-refractivity contribution in [3.8, 4) is 11.5 Å². The van der Waals surface area contributed by atoms with Gasteiger partial charge in [0.15, 0.2) is 5.58 Å². The molecule has 0 amide bonds. The van der Waals surface area contributed by atoms with E-state index in [9.17, 15) is 0 Å². The minimum Gasteiger partial charge on any atom is -0.436 e. The van der Waals surface area contributed by atoms with E-state index < -0.39 is 0 Å². The summed E-state index contributed by atoms with van der Waals surface area (Å²) in [6.45, 7) is 0.603. The van der Waals surface area contributed by atoms with Crippen LogP contribution < -0.4 is 5.73 Å². The molecule has 0 spiro atoms. The van der Waals surface area contributed by atoms with Crippen molar-refractivity contribution in [1.29, 1.82) is 0 Å². The maximum Gasteiger partial charge on any atom is 0.227 e.